The zero-order chi connectivity index (χ0) is 18.1. The summed E-state index contributed by atoms with van der Waals surface area (Å²) in [5, 5.41) is 29.7. The number of phenols is 3. The molecule has 0 aliphatic rings. The first-order chi connectivity index (χ1) is 11.9. The molecule has 0 amide bonds. The van der Waals surface area contributed by atoms with Gasteiger partial charge in [-0.1, -0.05) is 11.6 Å². The van der Waals surface area contributed by atoms with Crippen molar-refractivity contribution in [1.82, 2.24) is 0 Å². The van der Waals surface area contributed by atoms with Gasteiger partial charge in [-0.2, -0.15) is 0 Å². The highest BCUT2D eigenvalue weighted by atomic mass is 16.3. The molecule has 0 saturated heterocycles. The van der Waals surface area contributed by atoms with Gasteiger partial charge in [0.25, 0.3) is 0 Å². The molecule has 0 saturated carbocycles. The maximum Gasteiger partial charge on any atom is 0.193 e. The third kappa shape index (κ3) is 3.21. The molecule has 1 heterocycles. The van der Waals surface area contributed by atoms with E-state index in [2.05, 4.69) is 0 Å². The van der Waals surface area contributed by atoms with E-state index in [1.165, 1.54) is 36.4 Å². The second kappa shape index (κ2) is 6.36. The van der Waals surface area contributed by atoms with Crippen molar-refractivity contribution >= 4 is 11.0 Å². The Balaban J connectivity index is 2.26. The second-order valence-corrected chi connectivity index (χ2v) is 6.10. The van der Waals surface area contributed by atoms with E-state index in [0.29, 0.717) is 28.5 Å². The Bertz CT molecular complexity index is 1040. The van der Waals surface area contributed by atoms with Gasteiger partial charge in [0.15, 0.2) is 16.9 Å². The SMILES string of the molecule is CC(C)=CCc1c(O)ccc2c(=O)cc(-c3ccc(O)c(O)c3)oc12. The number of hydrogen-bond donors (Lipinski definition) is 3. The fourth-order valence-corrected chi connectivity index (χ4v) is 2.59. The Hall–Kier alpha value is -3.21. The van der Waals surface area contributed by atoms with E-state index in [1.54, 1.807) is 0 Å². The van der Waals surface area contributed by atoms with Crippen LogP contribution in [-0.2, 0) is 6.42 Å². The summed E-state index contributed by atoms with van der Waals surface area (Å²) in [7, 11) is 0. The minimum atomic E-state index is -0.305. The van der Waals surface area contributed by atoms with Crippen LogP contribution in [0.25, 0.3) is 22.3 Å². The Kier molecular flexibility index (Phi) is 4.23. The first kappa shape index (κ1) is 16.6. The lowest BCUT2D eigenvalue weighted by molar-refractivity contribution is 0.404. The van der Waals surface area contributed by atoms with Gasteiger partial charge in [0, 0.05) is 17.2 Å². The number of phenolic OH excluding ortho intramolecular Hbond substituents is 3. The Morgan fingerprint density at radius 2 is 1.72 bits per heavy atom. The Morgan fingerprint density at radius 3 is 2.40 bits per heavy atom. The van der Waals surface area contributed by atoms with Crippen LogP contribution in [0.5, 0.6) is 17.2 Å². The maximum atomic E-state index is 12.5. The lowest BCUT2D eigenvalue weighted by Crippen LogP contribution is -2.02. The van der Waals surface area contributed by atoms with Gasteiger partial charge in [-0.05, 0) is 50.6 Å². The van der Waals surface area contributed by atoms with E-state index in [-0.39, 0.29) is 28.4 Å². The first-order valence-corrected chi connectivity index (χ1v) is 7.81. The summed E-state index contributed by atoms with van der Waals surface area (Å²) in [6.07, 6.45) is 2.37. The van der Waals surface area contributed by atoms with E-state index in [1.807, 2.05) is 19.9 Å². The van der Waals surface area contributed by atoms with Gasteiger partial charge < -0.3 is 19.7 Å². The van der Waals surface area contributed by atoms with Crippen LogP contribution in [0.4, 0.5) is 0 Å². The number of allylic oxidation sites excluding steroid dienone is 2. The number of aromatic hydroxyl groups is 3. The van der Waals surface area contributed by atoms with E-state index in [4.69, 9.17) is 4.42 Å². The van der Waals surface area contributed by atoms with Crippen molar-refractivity contribution in [3.63, 3.8) is 0 Å². The lowest BCUT2D eigenvalue weighted by atomic mass is 10.0. The quantitative estimate of drug-likeness (QED) is 0.494. The summed E-state index contributed by atoms with van der Waals surface area (Å²) in [5.74, 6) is -0.259. The van der Waals surface area contributed by atoms with Crippen LogP contribution in [0.1, 0.15) is 19.4 Å². The zero-order valence-electron chi connectivity index (χ0n) is 13.9. The molecule has 3 rings (SSSR count). The van der Waals surface area contributed by atoms with Crippen molar-refractivity contribution in [1.29, 1.82) is 0 Å². The van der Waals surface area contributed by atoms with E-state index >= 15 is 0 Å². The topological polar surface area (TPSA) is 90.9 Å². The molecule has 0 spiro atoms. The normalized spacial score (nSPS) is 10.8. The highest BCUT2D eigenvalue weighted by molar-refractivity contribution is 5.84. The smallest absolute Gasteiger partial charge is 0.193 e. The molecule has 0 bridgehead atoms. The van der Waals surface area contributed by atoms with E-state index in [0.717, 1.165) is 5.57 Å². The summed E-state index contributed by atoms with van der Waals surface area (Å²) in [6.45, 7) is 3.89. The molecule has 5 heteroatoms. The van der Waals surface area contributed by atoms with Gasteiger partial charge in [0.2, 0.25) is 0 Å². The monoisotopic (exact) mass is 338 g/mol. The van der Waals surface area contributed by atoms with Gasteiger partial charge in [-0.25, -0.2) is 0 Å². The zero-order valence-corrected chi connectivity index (χ0v) is 13.9. The van der Waals surface area contributed by atoms with Gasteiger partial charge in [0.05, 0.1) is 5.39 Å². The van der Waals surface area contributed by atoms with Gasteiger partial charge >= 0.3 is 0 Å². The van der Waals surface area contributed by atoms with Crippen molar-refractivity contribution in [3.8, 4) is 28.6 Å². The molecular weight excluding hydrogens is 320 g/mol. The first-order valence-electron chi connectivity index (χ1n) is 7.81. The summed E-state index contributed by atoms with van der Waals surface area (Å²) < 4.78 is 5.89. The van der Waals surface area contributed by atoms with Crippen LogP contribution in [0.15, 0.2) is 57.3 Å². The van der Waals surface area contributed by atoms with Crippen molar-refractivity contribution in [3.05, 3.63) is 63.8 Å². The number of hydrogen-bond acceptors (Lipinski definition) is 5. The van der Waals surface area contributed by atoms with Crippen LogP contribution in [0, 0.1) is 0 Å². The van der Waals surface area contributed by atoms with Gasteiger partial charge in [-0.3, -0.25) is 4.79 Å². The molecular formula is C20H18O5. The second-order valence-electron chi connectivity index (χ2n) is 6.10. The number of rotatable bonds is 3. The summed E-state index contributed by atoms with van der Waals surface area (Å²) in [4.78, 5) is 12.5. The van der Waals surface area contributed by atoms with Crippen LogP contribution < -0.4 is 5.43 Å². The molecule has 0 atom stereocenters. The van der Waals surface area contributed by atoms with Crippen molar-refractivity contribution in [2.24, 2.45) is 0 Å². The standard InChI is InChI=1S/C20H18O5/c1-11(2)3-5-13-15(21)8-6-14-17(23)10-19(25-20(13)14)12-4-7-16(22)18(24)9-12/h3-4,6-10,21-22,24H,5H2,1-2H3. The molecule has 0 fully saturated rings. The third-order valence-electron chi connectivity index (χ3n) is 3.95. The van der Waals surface area contributed by atoms with Crippen molar-refractivity contribution < 1.29 is 19.7 Å². The summed E-state index contributed by atoms with van der Waals surface area (Å²) in [6, 6.07) is 8.52. The maximum absolute atomic E-state index is 12.5. The average Bonchev–Trinajstić information content (AvgIpc) is 2.56. The van der Waals surface area contributed by atoms with Crippen LogP contribution in [0.3, 0.4) is 0 Å². The van der Waals surface area contributed by atoms with Gasteiger partial charge in [-0.15, -0.1) is 0 Å². The summed E-state index contributed by atoms with van der Waals surface area (Å²) >= 11 is 0. The lowest BCUT2D eigenvalue weighted by Gasteiger charge is -2.09. The molecule has 25 heavy (non-hydrogen) atoms. The average molecular weight is 338 g/mol. The predicted molar refractivity (Wildman–Crippen MR) is 96.0 cm³/mol. The summed E-state index contributed by atoms with van der Waals surface area (Å²) in [5.41, 5.74) is 2.12. The molecule has 0 aliphatic heterocycles. The highest BCUT2D eigenvalue weighted by Gasteiger charge is 2.14. The minimum absolute atomic E-state index is 0.0545. The van der Waals surface area contributed by atoms with E-state index in [9.17, 15) is 20.1 Å². The largest absolute Gasteiger partial charge is 0.508 e. The molecule has 1 aromatic heterocycles. The predicted octanol–water partition coefficient (Wildman–Crippen LogP) is 4.09. The molecule has 0 radical (unpaired) electrons. The molecule has 2 aromatic carbocycles. The molecule has 0 aliphatic carbocycles. The Morgan fingerprint density at radius 1 is 1.00 bits per heavy atom. The molecule has 5 nitrogen and oxygen atoms in total. The number of benzene rings is 2. The fourth-order valence-electron chi connectivity index (χ4n) is 2.59. The Labute approximate surface area is 144 Å². The van der Waals surface area contributed by atoms with Crippen LogP contribution in [-0.4, -0.2) is 15.3 Å². The number of fused-ring (bicyclic) bond motifs is 1. The molecule has 3 N–H and O–H groups in total. The fraction of sp³-hybridized carbons (Fsp3) is 0.150. The van der Waals surface area contributed by atoms with Crippen molar-refractivity contribution in [2.75, 3.05) is 0 Å². The molecule has 128 valence electrons. The molecule has 0 unspecified atom stereocenters. The highest BCUT2D eigenvalue weighted by Crippen LogP contribution is 2.33. The van der Waals surface area contributed by atoms with Crippen molar-refractivity contribution in [2.45, 2.75) is 20.3 Å². The minimum Gasteiger partial charge on any atom is -0.508 e. The van der Waals surface area contributed by atoms with Crippen LogP contribution >= 0.6 is 0 Å². The van der Waals surface area contributed by atoms with Gasteiger partial charge in [0.1, 0.15) is 17.1 Å². The van der Waals surface area contributed by atoms with Crippen LogP contribution in [0.2, 0.25) is 0 Å². The molecule has 3 aromatic rings. The third-order valence-corrected chi connectivity index (χ3v) is 3.95. The van der Waals surface area contributed by atoms with E-state index < -0.39 is 0 Å².